The second-order valence-electron chi connectivity index (χ2n) is 3.92. The fraction of sp³-hybridized carbons (Fsp3) is 0.417. The minimum absolute atomic E-state index is 0.0474. The molecular weight excluding hydrogens is 291 g/mol. The van der Waals surface area contributed by atoms with Crippen LogP contribution in [0.2, 0.25) is 5.02 Å². The summed E-state index contributed by atoms with van der Waals surface area (Å²) in [6, 6.07) is 1.97. The normalized spacial score (nSPS) is 10.2. The summed E-state index contributed by atoms with van der Waals surface area (Å²) in [6.45, 7) is 2.30. The Morgan fingerprint density at radius 3 is 2.70 bits per heavy atom. The first-order valence-corrected chi connectivity index (χ1v) is 6.23. The van der Waals surface area contributed by atoms with Crippen LogP contribution < -0.4 is 4.90 Å². The Morgan fingerprint density at radius 2 is 2.20 bits per heavy atom. The van der Waals surface area contributed by atoms with Crippen molar-refractivity contribution in [2.45, 2.75) is 13.3 Å². The van der Waals surface area contributed by atoms with Crippen molar-refractivity contribution >= 4 is 28.9 Å². The predicted octanol–water partition coefficient (Wildman–Crippen LogP) is 2.78. The number of hydrogen-bond donors (Lipinski definition) is 0. The van der Waals surface area contributed by atoms with E-state index >= 15 is 0 Å². The molecule has 0 saturated carbocycles. The molecule has 0 atom stereocenters. The molecule has 0 N–H and O–H groups in total. The fourth-order valence-electron chi connectivity index (χ4n) is 1.70. The smallest absolute Gasteiger partial charge is 0.307 e. The molecule has 0 aliphatic rings. The lowest BCUT2D eigenvalue weighted by atomic mass is 10.2. The minimum atomic E-state index is -0.746. The van der Waals surface area contributed by atoms with Crippen LogP contribution in [0.25, 0.3) is 0 Å². The summed E-state index contributed by atoms with van der Waals surface area (Å²) in [6.07, 6.45) is 0.0474. The number of nitro benzene ring substituents is 1. The zero-order valence-corrected chi connectivity index (χ0v) is 11.8. The van der Waals surface area contributed by atoms with Gasteiger partial charge in [0.2, 0.25) is 0 Å². The molecule has 1 rings (SSSR count). The van der Waals surface area contributed by atoms with Crippen molar-refractivity contribution in [1.29, 1.82) is 0 Å². The van der Waals surface area contributed by atoms with Gasteiger partial charge >= 0.3 is 5.97 Å². The highest BCUT2D eigenvalue weighted by molar-refractivity contribution is 6.31. The number of nitro groups is 1. The maximum Gasteiger partial charge on any atom is 0.307 e. The Morgan fingerprint density at radius 1 is 1.55 bits per heavy atom. The van der Waals surface area contributed by atoms with Crippen molar-refractivity contribution in [2.75, 3.05) is 25.1 Å². The van der Waals surface area contributed by atoms with Gasteiger partial charge in [-0.25, -0.2) is 4.39 Å². The summed E-state index contributed by atoms with van der Waals surface area (Å²) in [4.78, 5) is 23.0. The zero-order valence-electron chi connectivity index (χ0n) is 11.1. The van der Waals surface area contributed by atoms with Crippen molar-refractivity contribution in [1.82, 2.24) is 0 Å². The Hall–Kier alpha value is -1.89. The lowest BCUT2D eigenvalue weighted by Gasteiger charge is -2.22. The average Bonchev–Trinajstić information content (AvgIpc) is 2.42. The van der Waals surface area contributed by atoms with Gasteiger partial charge < -0.3 is 9.64 Å². The van der Waals surface area contributed by atoms with E-state index in [1.54, 1.807) is 6.92 Å². The van der Waals surface area contributed by atoms with E-state index < -0.39 is 16.7 Å². The van der Waals surface area contributed by atoms with Gasteiger partial charge in [-0.05, 0) is 6.92 Å². The second-order valence-corrected chi connectivity index (χ2v) is 4.33. The van der Waals surface area contributed by atoms with Gasteiger partial charge in [0.25, 0.3) is 5.69 Å². The van der Waals surface area contributed by atoms with Crippen LogP contribution in [0.1, 0.15) is 13.3 Å². The van der Waals surface area contributed by atoms with Crippen molar-refractivity contribution in [3.8, 4) is 0 Å². The Balaban J connectivity index is 3.10. The van der Waals surface area contributed by atoms with E-state index in [-0.39, 0.29) is 29.4 Å². The molecule has 1 aromatic rings. The molecule has 0 bridgehead atoms. The van der Waals surface area contributed by atoms with Gasteiger partial charge in [-0.1, -0.05) is 11.6 Å². The van der Waals surface area contributed by atoms with E-state index in [9.17, 15) is 19.3 Å². The number of esters is 1. The average molecular weight is 305 g/mol. The molecule has 0 spiro atoms. The highest BCUT2D eigenvalue weighted by Gasteiger charge is 2.22. The van der Waals surface area contributed by atoms with Crippen LogP contribution in [0, 0.1) is 15.9 Å². The molecular formula is C12H14ClFN2O4. The van der Waals surface area contributed by atoms with Gasteiger partial charge in [0, 0.05) is 25.2 Å². The van der Waals surface area contributed by atoms with Crippen LogP contribution in [-0.4, -0.2) is 31.1 Å². The Labute approximate surface area is 120 Å². The fourth-order valence-corrected chi connectivity index (χ4v) is 1.86. The van der Waals surface area contributed by atoms with Crippen LogP contribution in [0.5, 0.6) is 0 Å². The molecule has 0 aliphatic carbocycles. The van der Waals surface area contributed by atoms with E-state index in [1.807, 2.05) is 0 Å². The van der Waals surface area contributed by atoms with Gasteiger partial charge in [-0.2, -0.15) is 0 Å². The monoisotopic (exact) mass is 304 g/mol. The maximum atomic E-state index is 13.5. The highest BCUT2D eigenvalue weighted by Crippen LogP contribution is 2.33. The van der Waals surface area contributed by atoms with Crippen molar-refractivity contribution < 1.29 is 18.8 Å². The van der Waals surface area contributed by atoms with E-state index in [0.717, 1.165) is 12.1 Å². The van der Waals surface area contributed by atoms with Crippen LogP contribution >= 0.6 is 11.6 Å². The quantitative estimate of drug-likeness (QED) is 0.459. The van der Waals surface area contributed by atoms with Crippen LogP contribution in [-0.2, 0) is 9.53 Å². The molecule has 6 nitrogen and oxygen atoms in total. The van der Waals surface area contributed by atoms with Crippen LogP contribution in [0.15, 0.2) is 12.1 Å². The largest absolute Gasteiger partial charge is 0.469 e. The molecule has 0 radical (unpaired) electrons. The number of benzene rings is 1. The molecule has 0 fully saturated rings. The van der Waals surface area contributed by atoms with E-state index in [4.69, 9.17) is 11.6 Å². The van der Waals surface area contributed by atoms with Crippen molar-refractivity contribution in [3.63, 3.8) is 0 Å². The zero-order chi connectivity index (χ0) is 15.3. The number of carbonyl (C=O) groups excluding carboxylic acids is 1. The van der Waals surface area contributed by atoms with Gasteiger partial charge in [-0.3, -0.25) is 14.9 Å². The third-order valence-electron chi connectivity index (χ3n) is 2.75. The van der Waals surface area contributed by atoms with E-state index in [2.05, 4.69) is 4.74 Å². The second kappa shape index (κ2) is 7.04. The molecule has 0 amide bonds. The molecule has 110 valence electrons. The van der Waals surface area contributed by atoms with E-state index in [0.29, 0.717) is 6.54 Å². The van der Waals surface area contributed by atoms with Crippen LogP contribution in [0.4, 0.5) is 15.8 Å². The van der Waals surface area contributed by atoms with Crippen molar-refractivity contribution in [2.24, 2.45) is 0 Å². The number of nitrogens with zero attached hydrogens (tertiary/aromatic N) is 2. The number of hydrogen-bond acceptors (Lipinski definition) is 5. The minimum Gasteiger partial charge on any atom is -0.469 e. The summed E-state index contributed by atoms with van der Waals surface area (Å²) in [5.41, 5.74) is -0.216. The molecule has 0 aromatic heterocycles. The van der Waals surface area contributed by atoms with Crippen LogP contribution in [0.3, 0.4) is 0 Å². The Bertz CT molecular complexity index is 524. The third kappa shape index (κ3) is 3.80. The SMILES string of the molecule is CCN(CCC(=O)OC)c1cc(F)c(Cl)cc1[N+](=O)[O-]. The number of anilines is 1. The molecule has 0 unspecified atom stereocenters. The summed E-state index contributed by atoms with van der Waals surface area (Å²) >= 11 is 5.56. The maximum absolute atomic E-state index is 13.5. The standard InChI is InChI=1S/C12H14ClFN2O4/c1-3-15(5-4-12(17)20-2)10-7-9(14)8(13)6-11(10)16(18)19/h6-7H,3-5H2,1-2H3. The van der Waals surface area contributed by atoms with Gasteiger partial charge in [0.15, 0.2) is 0 Å². The van der Waals surface area contributed by atoms with Gasteiger partial charge in [-0.15, -0.1) is 0 Å². The molecule has 1 aromatic carbocycles. The van der Waals surface area contributed by atoms with E-state index in [1.165, 1.54) is 12.0 Å². The van der Waals surface area contributed by atoms with Gasteiger partial charge in [0.05, 0.1) is 23.5 Å². The first-order valence-electron chi connectivity index (χ1n) is 5.85. The summed E-state index contributed by atoms with van der Waals surface area (Å²) in [5, 5.41) is 10.7. The molecule has 0 saturated heterocycles. The number of carbonyl (C=O) groups is 1. The number of rotatable bonds is 6. The molecule has 20 heavy (non-hydrogen) atoms. The molecule has 0 heterocycles. The lowest BCUT2D eigenvalue weighted by Crippen LogP contribution is -2.27. The predicted molar refractivity (Wildman–Crippen MR) is 72.6 cm³/mol. The first kappa shape index (κ1) is 16.2. The first-order chi connectivity index (χ1) is 9.40. The Kier molecular flexibility index (Phi) is 5.69. The highest BCUT2D eigenvalue weighted by atomic mass is 35.5. The lowest BCUT2D eigenvalue weighted by molar-refractivity contribution is -0.384. The van der Waals surface area contributed by atoms with Gasteiger partial charge in [0.1, 0.15) is 11.5 Å². The topological polar surface area (TPSA) is 72.7 Å². The summed E-state index contributed by atoms with van der Waals surface area (Å²) in [5.74, 6) is -1.19. The number of methoxy groups -OCH3 is 1. The summed E-state index contributed by atoms with van der Waals surface area (Å²) < 4.78 is 18.0. The number of halogens is 2. The third-order valence-corrected chi connectivity index (χ3v) is 3.04. The number of ether oxygens (including phenoxy) is 1. The van der Waals surface area contributed by atoms with Crippen molar-refractivity contribution in [3.05, 3.63) is 33.1 Å². The summed E-state index contributed by atoms with van der Waals surface area (Å²) in [7, 11) is 1.25. The molecule has 8 heteroatoms. The molecule has 0 aliphatic heterocycles.